The number of nitrogens with zero attached hydrogens (tertiary/aromatic N) is 2. The summed E-state index contributed by atoms with van der Waals surface area (Å²) in [6, 6.07) is 10.6. The van der Waals surface area contributed by atoms with E-state index in [1.807, 2.05) is 0 Å². The van der Waals surface area contributed by atoms with Gasteiger partial charge in [0.2, 0.25) is 0 Å². The smallest absolute Gasteiger partial charge is 0.252 e. The number of H-pyrrole nitrogens is 1. The third-order valence-corrected chi connectivity index (χ3v) is 4.97. The van der Waals surface area contributed by atoms with E-state index in [4.69, 9.17) is 10.5 Å². The Morgan fingerprint density at radius 3 is 2.76 bits per heavy atom. The van der Waals surface area contributed by atoms with Crippen molar-refractivity contribution in [1.82, 2.24) is 15.5 Å². The van der Waals surface area contributed by atoms with Gasteiger partial charge in [-0.3, -0.25) is 14.9 Å². The molecule has 0 bridgehead atoms. The average Bonchev–Trinajstić information content (AvgIpc) is 3.31. The number of carbonyl (C=O) groups excluding carboxylic acids is 1. The van der Waals surface area contributed by atoms with Crippen LogP contribution in [0.2, 0.25) is 0 Å². The van der Waals surface area contributed by atoms with Crippen molar-refractivity contribution in [1.29, 1.82) is 0 Å². The second-order valence-corrected chi connectivity index (χ2v) is 7.34. The molecule has 0 aliphatic heterocycles. The lowest BCUT2D eigenvalue weighted by atomic mass is 10.0. The molecule has 0 saturated heterocycles. The maximum atomic E-state index is 14.9. The predicted molar refractivity (Wildman–Crippen MR) is 125 cm³/mol. The molecular formula is C24H25F2N5O3. The minimum absolute atomic E-state index is 0.00964. The number of aliphatic hydroxyl groups excluding tert-OH is 1. The third-order valence-electron chi connectivity index (χ3n) is 4.97. The minimum atomic E-state index is -1.05. The lowest BCUT2D eigenvalue weighted by Crippen LogP contribution is -2.47. The van der Waals surface area contributed by atoms with E-state index in [1.54, 1.807) is 18.2 Å². The van der Waals surface area contributed by atoms with E-state index < -0.39 is 23.9 Å². The molecule has 0 saturated carbocycles. The van der Waals surface area contributed by atoms with Crippen LogP contribution in [0.25, 0.3) is 22.5 Å². The number of amides is 1. The van der Waals surface area contributed by atoms with Gasteiger partial charge in [-0.25, -0.2) is 8.78 Å². The number of aromatic nitrogens is 2. The highest BCUT2D eigenvalue weighted by molar-refractivity contribution is 6.01. The molecule has 2 aromatic carbocycles. The Kier molecular flexibility index (Phi) is 8.60. The minimum Gasteiger partial charge on any atom is -0.405 e. The Hall–Kier alpha value is -3.89. The number of nitrogens with one attached hydrogen (secondary N) is 2. The molecule has 0 unspecified atom stereocenters. The standard InChI is InChI=1S/C24H25F2N5O3/c1-34-14-22(32)21(13-28-11-3-10-27)29-24(33)17-4-2-5-18(26)23(17)20-12-19(30-31-20)15-6-8-16(25)9-7-15/h2-12,21-22,32H,13-14,27H2,1H3,(H,29,33)(H,30,31)/t21-,22+/m1/s1. The number of aromatic amines is 1. The number of hydrogen-bond donors (Lipinski definition) is 4. The van der Waals surface area contributed by atoms with E-state index in [2.05, 4.69) is 20.5 Å². The SMILES string of the molecule is COC[C@H](O)[C@@H](CN=CC=CN)NC(=O)c1cccc(F)c1-c1cc(-c2ccc(F)cc2)n[nH]1. The first-order valence-corrected chi connectivity index (χ1v) is 10.4. The monoisotopic (exact) mass is 469 g/mol. The molecule has 5 N–H and O–H groups in total. The van der Waals surface area contributed by atoms with Crippen LogP contribution in [-0.4, -0.2) is 59.8 Å². The first-order chi connectivity index (χ1) is 16.4. The molecule has 0 radical (unpaired) electrons. The van der Waals surface area contributed by atoms with Crippen molar-refractivity contribution in [2.24, 2.45) is 10.7 Å². The Morgan fingerprint density at radius 2 is 2.06 bits per heavy atom. The Morgan fingerprint density at radius 1 is 1.29 bits per heavy atom. The van der Waals surface area contributed by atoms with Crippen LogP contribution in [0.4, 0.5) is 8.78 Å². The van der Waals surface area contributed by atoms with E-state index >= 15 is 0 Å². The number of nitrogens with two attached hydrogens (primary N) is 1. The Bertz CT molecular complexity index is 1160. The lowest BCUT2D eigenvalue weighted by molar-refractivity contribution is 0.0391. The second kappa shape index (κ2) is 11.8. The summed E-state index contributed by atoms with van der Waals surface area (Å²) < 4.78 is 33.1. The number of rotatable bonds is 10. The van der Waals surface area contributed by atoms with Crippen molar-refractivity contribution in [3.05, 3.63) is 78.0 Å². The second-order valence-electron chi connectivity index (χ2n) is 7.34. The molecule has 178 valence electrons. The molecule has 3 aromatic rings. The fraction of sp³-hybridized carbons (Fsp3) is 0.208. The van der Waals surface area contributed by atoms with Gasteiger partial charge < -0.3 is 20.9 Å². The first-order valence-electron chi connectivity index (χ1n) is 10.4. The highest BCUT2D eigenvalue weighted by Crippen LogP contribution is 2.29. The van der Waals surface area contributed by atoms with Crippen LogP contribution < -0.4 is 11.1 Å². The van der Waals surface area contributed by atoms with Gasteiger partial charge in [0.15, 0.2) is 0 Å². The van der Waals surface area contributed by atoms with Crippen molar-refractivity contribution in [3.8, 4) is 22.5 Å². The zero-order valence-electron chi connectivity index (χ0n) is 18.4. The molecule has 2 atom stereocenters. The highest BCUT2D eigenvalue weighted by atomic mass is 19.1. The number of allylic oxidation sites excluding steroid dienone is 1. The molecule has 8 nitrogen and oxygen atoms in total. The molecule has 1 amide bonds. The zero-order valence-corrected chi connectivity index (χ0v) is 18.4. The van der Waals surface area contributed by atoms with Gasteiger partial charge in [-0.1, -0.05) is 6.07 Å². The number of halogens is 2. The van der Waals surface area contributed by atoms with Gasteiger partial charge in [0.1, 0.15) is 11.6 Å². The molecule has 0 aliphatic carbocycles. The topological polar surface area (TPSA) is 126 Å². The van der Waals surface area contributed by atoms with E-state index in [0.29, 0.717) is 11.3 Å². The van der Waals surface area contributed by atoms with Gasteiger partial charge in [0.05, 0.1) is 42.2 Å². The summed E-state index contributed by atoms with van der Waals surface area (Å²) in [5.41, 5.74) is 6.66. The van der Waals surface area contributed by atoms with Gasteiger partial charge in [-0.2, -0.15) is 5.10 Å². The zero-order chi connectivity index (χ0) is 24.5. The number of aliphatic hydroxyl groups is 1. The van der Waals surface area contributed by atoms with Gasteiger partial charge in [0.25, 0.3) is 5.91 Å². The quantitative estimate of drug-likeness (QED) is 0.340. The fourth-order valence-corrected chi connectivity index (χ4v) is 3.29. The molecule has 0 spiro atoms. The molecule has 10 heteroatoms. The molecule has 3 rings (SSSR count). The average molecular weight is 469 g/mol. The van der Waals surface area contributed by atoms with Crippen LogP contribution in [0.1, 0.15) is 10.4 Å². The number of hydrogen-bond acceptors (Lipinski definition) is 6. The number of methoxy groups -OCH3 is 1. The maximum Gasteiger partial charge on any atom is 0.252 e. The van der Waals surface area contributed by atoms with E-state index in [0.717, 1.165) is 0 Å². The number of carbonyl (C=O) groups is 1. The van der Waals surface area contributed by atoms with Gasteiger partial charge in [0, 0.05) is 24.5 Å². The van der Waals surface area contributed by atoms with Crippen molar-refractivity contribution in [2.75, 3.05) is 20.3 Å². The highest BCUT2D eigenvalue weighted by Gasteiger charge is 2.25. The summed E-state index contributed by atoms with van der Waals surface area (Å²) in [6.07, 6.45) is 3.19. The van der Waals surface area contributed by atoms with Crippen molar-refractivity contribution in [2.45, 2.75) is 12.1 Å². The Balaban J connectivity index is 1.89. The largest absolute Gasteiger partial charge is 0.405 e. The van der Waals surface area contributed by atoms with Crippen LogP contribution in [0.15, 0.2) is 65.8 Å². The van der Waals surface area contributed by atoms with Crippen molar-refractivity contribution in [3.63, 3.8) is 0 Å². The lowest BCUT2D eigenvalue weighted by Gasteiger charge is -2.22. The van der Waals surface area contributed by atoms with Crippen molar-refractivity contribution >= 4 is 12.1 Å². The summed E-state index contributed by atoms with van der Waals surface area (Å²) in [4.78, 5) is 17.2. The first kappa shape index (κ1) is 24.7. The third kappa shape index (κ3) is 6.12. The number of benzene rings is 2. The summed E-state index contributed by atoms with van der Waals surface area (Å²) in [5.74, 6) is -1.64. The summed E-state index contributed by atoms with van der Waals surface area (Å²) in [7, 11) is 1.42. The predicted octanol–water partition coefficient (Wildman–Crippen LogP) is 2.67. The molecule has 34 heavy (non-hydrogen) atoms. The number of ether oxygens (including phenoxy) is 1. The molecule has 1 aromatic heterocycles. The summed E-state index contributed by atoms with van der Waals surface area (Å²) >= 11 is 0. The molecular weight excluding hydrogens is 444 g/mol. The van der Waals surface area contributed by atoms with Gasteiger partial charge >= 0.3 is 0 Å². The molecule has 0 aliphatic rings. The van der Waals surface area contributed by atoms with Gasteiger partial charge in [-0.15, -0.1) is 0 Å². The van der Waals surface area contributed by atoms with E-state index in [9.17, 15) is 18.7 Å². The molecule has 1 heterocycles. The van der Waals surface area contributed by atoms with Crippen LogP contribution in [0.5, 0.6) is 0 Å². The molecule has 0 fully saturated rings. The van der Waals surface area contributed by atoms with Crippen LogP contribution >= 0.6 is 0 Å². The van der Waals surface area contributed by atoms with Gasteiger partial charge in [-0.05, 0) is 54.7 Å². The maximum absolute atomic E-state index is 14.9. The van der Waals surface area contributed by atoms with Crippen LogP contribution in [-0.2, 0) is 4.74 Å². The number of aliphatic imine (C=N–C) groups is 1. The van der Waals surface area contributed by atoms with Crippen LogP contribution in [0.3, 0.4) is 0 Å². The summed E-state index contributed by atoms with van der Waals surface area (Å²) in [5, 5.41) is 20.0. The Labute approximate surface area is 195 Å². The van der Waals surface area contributed by atoms with E-state index in [-0.39, 0.29) is 35.8 Å². The fourth-order valence-electron chi connectivity index (χ4n) is 3.29. The summed E-state index contributed by atoms with van der Waals surface area (Å²) in [6.45, 7) is 0.00874. The normalized spacial score (nSPS) is 13.4. The van der Waals surface area contributed by atoms with Crippen molar-refractivity contribution < 1.29 is 23.4 Å². The van der Waals surface area contributed by atoms with Crippen LogP contribution in [0, 0.1) is 11.6 Å². The van der Waals surface area contributed by atoms with E-state index in [1.165, 1.54) is 55.9 Å².